The second-order valence-electron chi connectivity index (χ2n) is 3.02. The van der Waals surface area contributed by atoms with Crippen LogP contribution in [0.1, 0.15) is 6.92 Å². The van der Waals surface area contributed by atoms with Crippen molar-refractivity contribution in [3.05, 3.63) is 0 Å². The van der Waals surface area contributed by atoms with Crippen molar-refractivity contribution in [1.82, 2.24) is 4.90 Å². The zero-order valence-corrected chi connectivity index (χ0v) is 8.18. The van der Waals surface area contributed by atoms with Crippen LogP contribution in [-0.2, 0) is 9.59 Å². The lowest BCUT2D eigenvalue weighted by molar-refractivity contribution is -0.160. The first-order valence-electron chi connectivity index (χ1n) is 3.83. The summed E-state index contributed by atoms with van der Waals surface area (Å²) in [5, 5.41) is 8.65. The summed E-state index contributed by atoms with van der Waals surface area (Å²) < 4.78 is 25.2. The van der Waals surface area contributed by atoms with Crippen LogP contribution in [0.25, 0.3) is 0 Å². The fourth-order valence-electron chi connectivity index (χ4n) is 1.10. The SMILES string of the molecule is CC(F)(F)C(=O)N1CSCC1C(=O)O. The normalized spacial score (nSPS) is 22.5. The number of carbonyl (C=O) groups is 2. The number of carboxylic acids is 1. The Kier molecular flexibility index (Phi) is 2.98. The number of alkyl halides is 2. The van der Waals surface area contributed by atoms with Gasteiger partial charge in [0, 0.05) is 12.7 Å². The third kappa shape index (κ3) is 2.14. The third-order valence-electron chi connectivity index (χ3n) is 1.80. The average Bonchev–Trinajstić information content (AvgIpc) is 2.48. The maximum absolute atomic E-state index is 12.6. The van der Waals surface area contributed by atoms with Crippen LogP contribution in [0.2, 0.25) is 0 Å². The van der Waals surface area contributed by atoms with Gasteiger partial charge in [0.05, 0.1) is 5.88 Å². The molecule has 0 aromatic rings. The first-order chi connectivity index (χ1) is 6.34. The van der Waals surface area contributed by atoms with Gasteiger partial charge < -0.3 is 10.0 Å². The maximum Gasteiger partial charge on any atom is 0.327 e. The molecule has 1 aliphatic heterocycles. The lowest BCUT2D eigenvalue weighted by atomic mass is 10.2. The Bertz CT molecular complexity index is 266. The van der Waals surface area contributed by atoms with Crippen LogP contribution in [0.15, 0.2) is 0 Å². The van der Waals surface area contributed by atoms with E-state index in [2.05, 4.69) is 0 Å². The summed E-state index contributed by atoms with van der Waals surface area (Å²) in [6.45, 7) is 0.469. The van der Waals surface area contributed by atoms with E-state index in [1.165, 1.54) is 0 Å². The molecular formula is C7H9F2NO3S. The van der Waals surface area contributed by atoms with Crippen LogP contribution in [-0.4, -0.2) is 45.5 Å². The summed E-state index contributed by atoms with van der Waals surface area (Å²) >= 11 is 1.15. The molecule has 1 saturated heterocycles. The number of carbonyl (C=O) groups excluding carboxylic acids is 1. The number of aliphatic carboxylic acids is 1. The second-order valence-corrected chi connectivity index (χ2v) is 4.02. The minimum Gasteiger partial charge on any atom is -0.480 e. The molecule has 1 aliphatic rings. The Labute approximate surface area is 83.3 Å². The minimum atomic E-state index is -3.50. The molecule has 0 bridgehead atoms. The zero-order chi connectivity index (χ0) is 10.9. The van der Waals surface area contributed by atoms with Gasteiger partial charge in [-0.3, -0.25) is 4.79 Å². The second kappa shape index (κ2) is 3.72. The summed E-state index contributed by atoms with van der Waals surface area (Å²) in [4.78, 5) is 22.4. The first-order valence-corrected chi connectivity index (χ1v) is 4.99. The summed E-state index contributed by atoms with van der Waals surface area (Å²) in [6, 6.07) is -1.13. The van der Waals surface area contributed by atoms with E-state index in [1.54, 1.807) is 0 Å². The van der Waals surface area contributed by atoms with E-state index < -0.39 is 23.8 Å². The number of carboxylic acid groups (broad SMARTS) is 1. The van der Waals surface area contributed by atoms with Gasteiger partial charge in [-0.2, -0.15) is 8.78 Å². The van der Waals surface area contributed by atoms with Gasteiger partial charge in [0.2, 0.25) is 0 Å². The predicted molar refractivity (Wildman–Crippen MR) is 46.2 cm³/mol. The molecule has 1 amide bonds. The standard InChI is InChI=1S/C7H9F2NO3S/c1-7(8,9)6(13)10-3-14-2-4(10)5(11)12/h4H,2-3H2,1H3,(H,11,12). The van der Waals surface area contributed by atoms with E-state index in [4.69, 9.17) is 5.11 Å². The van der Waals surface area contributed by atoms with Gasteiger partial charge in [-0.25, -0.2) is 4.79 Å². The van der Waals surface area contributed by atoms with Crippen molar-refractivity contribution < 1.29 is 23.5 Å². The average molecular weight is 225 g/mol. The Morgan fingerprint density at radius 3 is 2.57 bits per heavy atom. The van der Waals surface area contributed by atoms with Gasteiger partial charge in [0.25, 0.3) is 5.91 Å². The van der Waals surface area contributed by atoms with Crippen molar-refractivity contribution in [2.75, 3.05) is 11.6 Å². The monoisotopic (exact) mass is 225 g/mol. The van der Waals surface area contributed by atoms with Gasteiger partial charge >= 0.3 is 11.9 Å². The molecule has 1 fully saturated rings. The van der Waals surface area contributed by atoms with Crippen LogP contribution in [0, 0.1) is 0 Å². The number of nitrogens with zero attached hydrogens (tertiary/aromatic N) is 1. The number of hydrogen-bond acceptors (Lipinski definition) is 3. The van der Waals surface area contributed by atoms with E-state index in [0.717, 1.165) is 11.8 Å². The molecule has 0 spiro atoms. The lowest BCUT2D eigenvalue weighted by Gasteiger charge is -2.23. The summed E-state index contributed by atoms with van der Waals surface area (Å²) in [7, 11) is 0. The summed E-state index contributed by atoms with van der Waals surface area (Å²) in [6.07, 6.45) is 0. The van der Waals surface area contributed by atoms with Crippen molar-refractivity contribution in [3.63, 3.8) is 0 Å². The van der Waals surface area contributed by atoms with Gasteiger partial charge in [0.15, 0.2) is 0 Å². The van der Waals surface area contributed by atoms with E-state index in [1.807, 2.05) is 0 Å². The van der Waals surface area contributed by atoms with Gasteiger partial charge in [-0.1, -0.05) is 0 Å². The summed E-state index contributed by atoms with van der Waals surface area (Å²) in [5.41, 5.74) is 0. The van der Waals surface area contributed by atoms with Gasteiger partial charge in [-0.05, 0) is 0 Å². The first kappa shape index (κ1) is 11.2. The number of halogens is 2. The molecular weight excluding hydrogens is 216 g/mol. The molecule has 1 N–H and O–H groups in total. The Hall–Kier alpha value is -0.850. The molecule has 0 aromatic carbocycles. The van der Waals surface area contributed by atoms with Gasteiger partial charge in [-0.15, -0.1) is 11.8 Å². The topological polar surface area (TPSA) is 57.6 Å². The molecule has 1 rings (SSSR count). The van der Waals surface area contributed by atoms with E-state index in [-0.39, 0.29) is 11.6 Å². The number of hydrogen-bond donors (Lipinski definition) is 1. The van der Waals surface area contributed by atoms with E-state index >= 15 is 0 Å². The van der Waals surface area contributed by atoms with Crippen molar-refractivity contribution in [1.29, 1.82) is 0 Å². The van der Waals surface area contributed by atoms with Crippen LogP contribution < -0.4 is 0 Å². The fraction of sp³-hybridized carbons (Fsp3) is 0.714. The van der Waals surface area contributed by atoms with Crippen LogP contribution in [0.5, 0.6) is 0 Å². The zero-order valence-electron chi connectivity index (χ0n) is 7.37. The van der Waals surface area contributed by atoms with Crippen LogP contribution in [0.3, 0.4) is 0 Å². The number of rotatable bonds is 2. The lowest BCUT2D eigenvalue weighted by Crippen LogP contribution is -2.48. The van der Waals surface area contributed by atoms with Crippen molar-refractivity contribution in [2.45, 2.75) is 18.9 Å². The highest BCUT2D eigenvalue weighted by atomic mass is 32.2. The molecule has 80 valence electrons. The molecule has 0 saturated carbocycles. The van der Waals surface area contributed by atoms with Crippen molar-refractivity contribution >= 4 is 23.6 Å². The number of thioether (sulfide) groups is 1. The van der Waals surface area contributed by atoms with Crippen molar-refractivity contribution in [3.8, 4) is 0 Å². The highest BCUT2D eigenvalue weighted by Gasteiger charge is 2.44. The quantitative estimate of drug-likeness (QED) is 0.748. The Morgan fingerprint density at radius 2 is 2.14 bits per heavy atom. The van der Waals surface area contributed by atoms with Crippen molar-refractivity contribution in [2.24, 2.45) is 0 Å². The molecule has 4 nitrogen and oxygen atoms in total. The molecule has 0 aromatic heterocycles. The van der Waals surface area contributed by atoms with Crippen LogP contribution in [0.4, 0.5) is 8.78 Å². The molecule has 7 heteroatoms. The Morgan fingerprint density at radius 1 is 1.57 bits per heavy atom. The molecule has 1 heterocycles. The van der Waals surface area contributed by atoms with E-state index in [9.17, 15) is 18.4 Å². The number of amides is 1. The maximum atomic E-state index is 12.6. The molecule has 0 radical (unpaired) electrons. The van der Waals surface area contributed by atoms with E-state index in [0.29, 0.717) is 11.8 Å². The van der Waals surface area contributed by atoms with Crippen LogP contribution >= 0.6 is 11.8 Å². The highest BCUT2D eigenvalue weighted by molar-refractivity contribution is 7.99. The smallest absolute Gasteiger partial charge is 0.327 e. The third-order valence-corrected chi connectivity index (χ3v) is 2.82. The summed E-state index contributed by atoms with van der Waals surface area (Å²) in [5.74, 6) is -5.99. The fourth-order valence-corrected chi connectivity index (χ4v) is 2.24. The molecule has 0 aliphatic carbocycles. The molecule has 1 unspecified atom stereocenters. The minimum absolute atomic E-state index is 0.0131. The molecule has 1 atom stereocenters. The predicted octanol–water partition coefficient (Wildman–Crippen LogP) is 0.628. The largest absolute Gasteiger partial charge is 0.480 e. The highest BCUT2D eigenvalue weighted by Crippen LogP contribution is 2.26. The Balaban J connectivity index is 2.77. The van der Waals surface area contributed by atoms with Gasteiger partial charge in [0.1, 0.15) is 6.04 Å². The molecule has 14 heavy (non-hydrogen) atoms.